The van der Waals surface area contributed by atoms with Gasteiger partial charge in [-0.25, -0.2) is 4.98 Å². The molecule has 1 N–H and O–H groups in total. The number of hydrogen-bond acceptors (Lipinski definition) is 3. The number of halogens is 1. The molecule has 3 rings (SSSR count). The van der Waals surface area contributed by atoms with Gasteiger partial charge in [-0.05, 0) is 36.4 Å². The summed E-state index contributed by atoms with van der Waals surface area (Å²) in [4.78, 5) is 5.88. The van der Waals surface area contributed by atoms with Crippen LogP contribution in [0, 0.1) is 0 Å². The molecule has 0 saturated carbocycles. The number of nitrogens with zero attached hydrogens (tertiary/aromatic N) is 1. The predicted molar refractivity (Wildman–Crippen MR) is 92.3 cm³/mol. The van der Waals surface area contributed by atoms with Crippen molar-refractivity contribution in [3.05, 3.63) is 65.2 Å². The molecule has 2 nitrogen and oxygen atoms in total. The van der Waals surface area contributed by atoms with E-state index < -0.39 is 0 Å². The maximum Gasteiger partial charge on any atom is 0.130 e. The van der Waals surface area contributed by atoms with Crippen LogP contribution < -0.4 is 5.32 Å². The first-order chi connectivity index (χ1) is 10.3. The normalized spacial score (nSPS) is 10.8. The minimum atomic E-state index is 0.766. The predicted octanol–water partition coefficient (Wildman–Crippen LogP) is 5.22. The number of thioether (sulfide) groups is 1. The minimum absolute atomic E-state index is 0.766. The van der Waals surface area contributed by atoms with Crippen molar-refractivity contribution in [3.63, 3.8) is 0 Å². The molecule has 0 aliphatic rings. The van der Waals surface area contributed by atoms with Gasteiger partial charge in [0.2, 0.25) is 0 Å². The fourth-order valence-electron chi connectivity index (χ4n) is 2.18. The van der Waals surface area contributed by atoms with E-state index in [0.717, 1.165) is 22.1 Å². The molecule has 1 heterocycles. The second kappa shape index (κ2) is 6.37. The number of pyridine rings is 1. The lowest BCUT2D eigenvalue weighted by Gasteiger charge is -2.10. The zero-order valence-electron chi connectivity index (χ0n) is 11.6. The molecule has 0 aliphatic heterocycles. The number of fused-ring (bicyclic) bond motifs is 1. The molecule has 0 amide bonds. The first kappa shape index (κ1) is 14.2. The van der Waals surface area contributed by atoms with Crippen LogP contribution in [0.15, 0.2) is 59.5 Å². The van der Waals surface area contributed by atoms with Crippen molar-refractivity contribution in [1.29, 1.82) is 0 Å². The summed E-state index contributed by atoms with van der Waals surface area (Å²) in [5.74, 6) is 1.81. The van der Waals surface area contributed by atoms with Crippen LogP contribution in [0.4, 0.5) is 5.82 Å². The van der Waals surface area contributed by atoms with Gasteiger partial charge in [-0.3, -0.25) is 0 Å². The van der Waals surface area contributed by atoms with E-state index in [1.165, 1.54) is 15.8 Å². The van der Waals surface area contributed by atoms with E-state index in [-0.39, 0.29) is 0 Å². The van der Waals surface area contributed by atoms with Gasteiger partial charge < -0.3 is 5.32 Å². The maximum atomic E-state index is 5.91. The summed E-state index contributed by atoms with van der Waals surface area (Å²) >= 11 is 7.69. The van der Waals surface area contributed by atoms with Crippen molar-refractivity contribution >= 4 is 40.1 Å². The molecule has 4 heteroatoms. The van der Waals surface area contributed by atoms with Crippen LogP contribution in [0.5, 0.6) is 0 Å². The molecule has 0 radical (unpaired) electrons. The first-order valence-corrected chi connectivity index (χ1v) is 8.07. The highest BCUT2D eigenvalue weighted by molar-refractivity contribution is 7.98. The molecule has 0 fully saturated rings. The summed E-state index contributed by atoms with van der Waals surface area (Å²) in [6.45, 7) is 0. The van der Waals surface area contributed by atoms with Gasteiger partial charge in [0.1, 0.15) is 5.82 Å². The third-order valence-electron chi connectivity index (χ3n) is 3.25. The lowest BCUT2D eigenvalue weighted by atomic mass is 10.1. The number of anilines is 1. The van der Waals surface area contributed by atoms with Gasteiger partial charge in [-0.1, -0.05) is 29.8 Å². The Hall–Kier alpha value is -1.71. The summed E-state index contributed by atoms with van der Waals surface area (Å²) in [6, 6.07) is 18.3. The molecule has 106 valence electrons. The zero-order valence-corrected chi connectivity index (χ0v) is 13.2. The molecular weight excluding hydrogens is 300 g/mol. The van der Waals surface area contributed by atoms with Crippen LogP contribution >= 0.6 is 23.4 Å². The van der Waals surface area contributed by atoms with Crippen molar-refractivity contribution in [1.82, 2.24) is 4.98 Å². The largest absolute Gasteiger partial charge is 0.373 e. The Balaban J connectivity index is 1.86. The molecule has 0 spiro atoms. The van der Waals surface area contributed by atoms with Gasteiger partial charge in [-0.2, -0.15) is 0 Å². The van der Waals surface area contributed by atoms with E-state index in [1.807, 2.05) is 49.5 Å². The van der Waals surface area contributed by atoms with Gasteiger partial charge in [0, 0.05) is 33.7 Å². The number of nitrogens with one attached hydrogen (secondary N) is 1. The molecule has 0 unspecified atom stereocenters. The Kier molecular flexibility index (Phi) is 4.32. The van der Waals surface area contributed by atoms with Crippen LogP contribution in [0.25, 0.3) is 10.9 Å². The highest BCUT2D eigenvalue weighted by Crippen LogP contribution is 2.28. The highest BCUT2D eigenvalue weighted by Gasteiger charge is 2.06. The summed E-state index contributed by atoms with van der Waals surface area (Å²) in [6.07, 6.45) is 0. The van der Waals surface area contributed by atoms with E-state index in [0.29, 0.717) is 0 Å². The highest BCUT2D eigenvalue weighted by atomic mass is 35.5. The van der Waals surface area contributed by atoms with Crippen LogP contribution in [-0.2, 0) is 5.75 Å². The lowest BCUT2D eigenvalue weighted by Crippen LogP contribution is -1.98. The number of benzene rings is 2. The number of hydrogen-bond donors (Lipinski definition) is 1. The summed E-state index contributed by atoms with van der Waals surface area (Å²) in [5, 5.41) is 5.12. The van der Waals surface area contributed by atoms with Crippen LogP contribution in [-0.4, -0.2) is 12.0 Å². The maximum absolute atomic E-state index is 5.91. The van der Waals surface area contributed by atoms with Crippen molar-refractivity contribution in [2.45, 2.75) is 10.6 Å². The van der Waals surface area contributed by atoms with Crippen molar-refractivity contribution < 1.29 is 0 Å². The molecule has 21 heavy (non-hydrogen) atoms. The van der Waals surface area contributed by atoms with Gasteiger partial charge in [-0.15, -0.1) is 11.8 Å². The van der Waals surface area contributed by atoms with Gasteiger partial charge >= 0.3 is 0 Å². The Morgan fingerprint density at radius 1 is 1.10 bits per heavy atom. The number of aromatic nitrogens is 1. The third-order valence-corrected chi connectivity index (χ3v) is 4.56. The molecular formula is C17H15ClN2S. The Morgan fingerprint density at radius 2 is 1.86 bits per heavy atom. The van der Waals surface area contributed by atoms with Crippen molar-refractivity contribution in [2.75, 3.05) is 12.4 Å². The number of rotatable bonds is 4. The Labute approximate surface area is 133 Å². The molecule has 0 bridgehead atoms. The van der Waals surface area contributed by atoms with Crippen molar-refractivity contribution in [2.24, 2.45) is 0 Å². The summed E-state index contributed by atoms with van der Waals surface area (Å²) in [7, 11) is 1.91. The molecule has 0 saturated heterocycles. The third kappa shape index (κ3) is 3.31. The van der Waals surface area contributed by atoms with Gasteiger partial charge in [0.05, 0.1) is 5.52 Å². The van der Waals surface area contributed by atoms with E-state index in [1.54, 1.807) is 11.8 Å². The van der Waals surface area contributed by atoms with E-state index in [4.69, 9.17) is 11.6 Å². The monoisotopic (exact) mass is 314 g/mol. The van der Waals surface area contributed by atoms with Gasteiger partial charge in [0.25, 0.3) is 0 Å². The van der Waals surface area contributed by atoms with Crippen LogP contribution in [0.1, 0.15) is 5.56 Å². The van der Waals surface area contributed by atoms with Gasteiger partial charge in [0.15, 0.2) is 0 Å². The second-order valence-electron chi connectivity index (χ2n) is 4.68. The topological polar surface area (TPSA) is 24.9 Å². The average molecular weight is 315 g/mol. The van der Waals surface area contributed by atoms with Crippen molar-refractivity contribution in [3.8, 4) is 0 Å². The number of para-hydroxylation sites is 1. The van der Waals surface area contributed by atoms with E-state index in [9.17, 15) is 0 Å². The summed E-state index contributed by atoms with van der Waals surface area (Å²) < 4.78 is 0. The molecule has 3 aromatic rings. The quantitative estimate of drug-likeness (QED) is 0.668. The molecule has 0 atom stereocenters. The molecule has 0 aliphatic carbocycles. The Morgan fingerprint density at radius 3 is 2.62 bits per heavy atom. The first-order valence-electron chi connectivity index (χ1n) is 6.71. The lowest BCUT2D eigenvalue weighted by molar-refractivity contribution is 1.27. The zero-order chi connectivity index (χ0) is 14.7. The smallest absolute Gasteiger partial charge is 0.130 e. The SMILES string of the molecule is CNc1nc2ccccc2cc1CSc1ccc(Cl)cc1. The van der Waals surface area contributed by atoms with Crippen LogP contribution in [0.3, 0.4) is 0 Å². The molecule has 2 aromatic carbocycles. The minimum Gasteiger partial charge on any atom is -0.373 e. The Bertz CT molecular complexity index is 756. The van der Waals surface area contributed by atoms with E-state index >= 15 is 0 Å². The van der Waals surface area contributed by atoms with E-state index in [2.05, 4.69) is 22.4 Å². The molecule has 1 aromatic heterocycles. The standard InChI is InChI=1S/C17H15ClN2S/c1-19-17-13(10-12-4-2-3-5-16(12)20-17)11-21-15-8-6-14(18)7-9-15/h2-10H,11H2,1H3,(H,19,20). The average Bonchev–Trinajstić information content (AvgIpc) is 2.53. The second-order valence-corrected chi connectivity index (χ2v) is 6.17. The fraction of sp³-hybridized carbons (Fsp3) is 0.118. The fourth-order valence-corrected chi connectivity index (χ4v) is 3.17. The summed E-state index contributed by atoms with van der Waals surface area (Å²) in [5.41, 5.74) is 2.22. The van der Waals surface area contributed by atoms with Crippen LogP contribution in [0.2, 0.25) is 5.02 Å².